The molecular weight excluding hydrogens is 694 g/mol. The van der Waals surface area contributed by atoms with E-state index in [9.17, 15) is 33.6 Å². The number of nitrogens with one attached hydrogen (secondary N) is 5. The quantitative estimate of drug-likeness (QED) is 0.267. The monoisotopic (exact) mass is 745 g/mol. The number of aromatic nitrogens is 2. The van der Waals surface area contributed by atoms with Crippen molar-refractivity contribution in [3.63, 3.8) is 0 Å². The van der Waals surface area contributed by atoms with Crippen molar-refractivity contribution in [3.8, 4) is 0 Å². The molecule has 0 radical (unpaired) electrons. The highest BCUT2D eigenvalue weighted by Gasteiger charge is 2.45. The molecule has 54 heavy (non-hydrogen) atoms. The number of aromatic amines is 1. The number of amides is 7. The summed E-state index contributed by atoms with van der Waals surface area (Å²) in [5.74, 6) is -3.44. The average Bonchev–Trinajstić information content (AvgIpc) is 3.99. The molecule has 0 aliphatic carbocycles. The van der Waals surface area contributed by atoms with Crippen molar-refractivity contribution >= 4 is 41.4 Å². The van der Waals surface area contributed by atoms with Gasteiger partial charge in [-0.05, 0) is 56.4 Å². The van der Waals surface area contributed by atoms with Crippen LogP contribution in [0.5, 0.6) is 0 Å². The Morgan fingerprint density at radius 3 is 1.87 bits per heavy atom. The van der Waals surface area contributed by atoms with Gasteiger partial charge in [0.1, 0.15) is 36.3 Å². The molecule has 4 aliphatic heterocycles. The summed E-state index contributed by atoms with van der Waals surface area (Å²) in [6, 6.07) is 3.46. The Morgan fingerprint density at radius 1 is 0.667 bits per heavy atom. The minimum Gasteiger partial charge on any atom is -0.348 e. The molecule has 4 fully saturated rings. The number of imidazole rings is 1. The summed E-state index contributed by atoms with van der Waals surface area (Å²) in [7, 11) is 0. The molecule has 4 saturated heterocycles. The Hall–Kier alpha value is -5.28. The molecule has 6 unspecified atom stereocenters. The van der Waals surface area contributed by atoms with Crippen LogP contribution in [0.2, 0.25) is 0 Å². The Kier molecular flexibility index (Phi) is 12.3. The van der Waals surface area contributed by atoms with E-state index in [0.29, 0.717) is 57.3 Å². The lowest BCUT2D eigenvalue weighted by atomic mass is 10.0. The molecule has 6 atom stereocenters. The number of fused-ring (bicyclic) bond motifs is 3. The zero-order valence-corrected chi connectivity index (χ0v) is 30.9. The number of H-pyrrole nitrogens is 1. The van der Waals surface area contributed by atoms with Crippen LogP contribution in [0.1, 0.15) is 70.1 Å². The van der Waals surface area contributed by atoms with Gasteiger partial charge in [0.05, 0.1) is 12.9 Å². The molecule has 0 saturated carbocycles. The molecule has 5 heterocycles. The number of nitrogens with zero attached hydrogens (tertiary/aromatic N) is 4. The van der Waals surface area contributed by atoms with Gasteiger partial charge >= 0.3 is 0 Å². The van der Waals surface area contributed by atoms with Gasteiger partial charge in [-0.15, -0.1) is 0 Å². The van der Waals surface area contributed by atoms with Gasteiger partial charge < -0.3 is 41.0 Å². The van der Waals surface area contributed by atoms with E-state index >= 15 is 0 Å². The third kappa shape index (κ3) is 8.91. The zero-order chi connectivity index (χ0) is 38.4. The number of hydrogen-bond acceptors (Lipinski definition) is 8. The molecule has 6 rings (SSSR count). The van der Waals surface area contributed by atoms with Crippen LogP contribution in [0.4, 0.5) is 0 Å². The molecule has 7 amide bonds. The van der Waals surface area contributed by atoms with Gasteiger partial charge in [0.2, 0.25) is 41.4 Å². The van der Waals surface area contributed by atoms with E-state index in [2.05, 4.69) is 31.2 Å². The Balaban J connectivity index is 1.34. The molecule has 5 N–H and O–H groups in total. The van der Waals surface area contributed by atoms with E-state index in [1.165, 1.54) is 21.0 Å². The topological polar surface area (TPSA) is 206 Å². The van der Waals surface area contributed by atoms with Crippen LogP contribution in [0.3, 0.4) is 0 Å². The van der Waals surface area contributed by atoms with Crippen LogP contribution in [0, 0.1) is 5.92 Å². The molecule has 16 nitrogen and oxygen atoms in total. The van der Waals surface area contributed by atoms with Crippen LogP contribution in [0.25, 0.3) is 0 Å². The van der Waals surface area contributed by atoms with Crippen molar-refractivity contribution in [1.29, 1.82) is 0 Å². The number of rotatable bonds is 6. The summed E-state index contributed by atoms with van der Waals surface area (Å²) in [5, 5.41) is 11.2. The smallest absolute Gasteiger partial charge is 0.246 e. The van der Waals surface area contributed by atoms with Gasteiger partial charge in [-0.25, -0.2) is 4.98 Å². The molecule has 0 bridgehead atoms. The molecule has 2 aromatic rings. The lowest BCUT2D eigenvalue weighted by Gasteiger charge is -2.33. The zero-order valence-electron chi connectivity index (χ0n) is 30.9. The van der Waals surface area contributed by atoms with Gasteiger partial charge in [-0.2, -0.15) is 0 Å². The highest BCUT2D eigenvalue weighted by molar-refractivity contribution is 5.98. The first-order valence-corrected chi connectivity index (χ1v) is 19.1. The number of hydrogen-bond donors (Lipinski definition) is 5. The third-order valence-corrected chi connectivity index (χ3v) is 10.8. The Morgan fingerprint density at radius 2 is 1.24 bits per heavy atom. The minimum atomic E-state index is -1.08. The first-order chi connectivity index (χ1) is 26.0. The summed E-state index contributed by atoms with van der Waals surface area (Å²) in [6.07, 6.45) is 6.33. The van der Waals surface area contributed by atoms with E-state index in [1.807, 2.05) is 44.2 Å². The summed E-state index contributed by atoms with van der Waals surface area (Å²) in [4.78, 5) is 109. The normalized spacial score (nSPS) is 27.8. The fraction of sp³-hybridized carbons (Fsp3) is 0.579. The fourth-order valence-corrected chi connectivity index (χ4v) is 8.13. The van der Waals surface area contributed by atoms with Gasteiger partial charge in [0, 0.05) is 44.4 Å². The highest BCUT2D eigenvalue weighted by atomic mass is 16.2. The summed E-state index contributed by atoms with van der Waals surface area (Å²) >= 11 is 0. The van der Waals surface area contributed by atoms with Crippen molar-refractivity contribution < 1.29 is 33.6 Å². The average molecular weight is 746 g/mol. The number of carbonyl (C=O) groups excluding carboxylic acids is 7. The first-order valence-electron chi connectivity index (χ1n) is 19.1. The SMILES string of the molecule is CC(C)CC1NC(=O)CNC(=O)C2CCCN2C(=O)C2CCCN2C(=O)C(Cc2cnc[nH]2)NC(=O)C2CCCN2C(=O)C(Cc2ccccc2)NC1=O. The summed E-state index contributed by atoms with van der Waals surface area (Å²) in [6.45, 7) is 4.27. The molecule has 4 aliphatic rings. The van der Waals surface area contributed by atoms with Gasteiger partial charge in [0.15, 0.2) is 0 Å². The van der Waals surface area contributed by atoms with Crippen molar-refractivity contribution in [2.45, 2.75) is 108 Å². The second-order valence-corrected chi connectivity index (χ2v) is 15.1. The van der Waals surface area contributed by atoms with Crippen molar-refractivity contribution in [2.24, 2.45) is 5.92 Å². The van der Waals surface area contributed by atoms with Crippen molar-refractivity contribution in [1.82, 2.24) is 45.9 Å². The molecule has 0 spiro atoms. The van der Waals surface area contributed by atoms with E-state index in [4.69, 9.17) is 0 Å². The standard InChI is InChI=1S/C38H51N9O7/c1-23(2)17-26-33(49)43-27(18-24-9-4-3-5-10-24)36(52)45-14-7-12-30(45)35(51)44-28(19-25-20-39-22-41-25)37(53)47-16-8-13-31(47)38(54)46-15-6-11-29(46)34(50)40-21-32(48)42-26/h3-5,9-10,20,22-23,26-31H,6-8,11-19,21H2,1-2H3,(H,39,41)(H,40,50)(H,42,48)(H,43,49)(H,44,51). The molecule has 16 heteroatoms. The lowest BCUT2D eigenvalue weighted by molar-refractivity contribution is -0.148. The molecule has 1 aromatic carbocycles. The Labute approximate surface area is 314 Å². The summed E-state index contributed by atoms with van der Waals surface area (Å²) in [5.41, 5.74) is 1.39. The molecular formula is C38H51N9O7. The lowest BCUT2D eigenvalue weighted by Crippen LogP contribution is -2.59. The van der Waals surface area contributed by atoms with Crippen LogP contribution in [0.15, 0.2) is 42.9 Å². The number of carbonyl (C=O) groups is 7. The van der Waals surface area contributed by atoms with Gasteiger partial charge in [0.25, 0.3) is 0 Å². The maximum atomic E-state index is 14.4. The molecule has 290 valence electrons. The maximum absolute atomic E-state index is 14.4. The van der Waals surface area contributed by atoms with E-state index < -0.39 is 78.2 Å². The van der Waals surface area contributed by atoms with E-state index in [0.717, 1.165) is 5.56 Å². The maximum Gasteiger partial charge on any atom is 0.246 e. The van der Waals surface area contributed by atoms with Crippen LogP contribution in [-0.2, 0) is 46.4 Å². The number of benzene rings is 1. The van der Waals surface area contributed by atoms with Crippen molar-refractivity contribution in [3.05, 3.63) is 54.1 Å². The van der Waals surface area contributed by atoms with E-state index in [1.54, 1.807) is 6.20 Å². The van der Waals surface area contributed by atoms with Gasteiger partial charge in [-0.3, -0.25) is 33.6 Å². The predicted octanol–water partition coefficient (Wildman–Crippen LogP) is -0.202. The second-order valence-electron chi connectivity index (χ2n) is 15.1. The second kappa shape index (κ2) is 17.2. The fourth-order valence-electron chi connectivity index (χ4n) is 8.13. The largest absolute Gasteiger partial charge is 0.348 e. The van der Waals surface area contributed by atoms with Crippen LogP contribution in [-0.4, -0.2) is 128 Å². The first kappa shape index (κ1) is 38.4. The minimum absolute atomic E-state index is 0.00863. The van der Waals surface area contributed by atoms with Crippen molar-refractivity contribution in [2.75, 3.05) is 26.2 Å². The van der Waals surface area contributed by atoms with Crippen LogP contribution < -0.4 is 21.3 Å². The highest BCUT2D eigenvalue weighted by Crippen LogP contribution is 2.27. The summed E-state index contributed by atoms with van der Waals surface area (Å²) < 4.78 is 0. The third-order valence-electron chi connectivity index (χ3n) is 10.8. The molecule has 1 aromatic heterocycles. The van der Waals surface area contributed by atoms with Crippen LogP contribution >= 0.6 is 0 Å². The van der Waals surface area contributed by atoms with Gasteiger partial charge in [-0.1, -0.05) is 44.2 Å². The predicted molar refractivity (Wildman–Crippen MR) is 195 cm³/mol. The van der Waals surface area contributed by atoms with E-state index in [-0.39, 0.29) is 37.6 Å². The Bertz CT molecular complexity index is 1700.